The van der Waals surface area contributed by atoms with Crippen molar-refractivity contribution in [2.45, 2.75) is 53.2 Å². The van der Waals surface area contributed by atoms with Gasteiger partial charge in [-0.05, 0) is 54.7 Å². The van der Waals surface area contributed by atoms with Gasteiger partial charge in [0.1, 0.15) is 17.3 Å². The van der Waals surface area contributed by atoms with Crippen LogP contribution in [0.2, 0.25) is 0 Å². The monoisotopic (exact) mass is 462 g/mol. The van der Waals surface area contributed by atoms with Gasteiger partial charge in [-0.2, -0.15) is 0 Å². The number of aryl methyl sites for hydroxylation is 2. The van der Waals surface area contributed by atoms with Gasteiger partial charge < -0.3 is 14.6 Å². The second kappa shape index (κ2) is 10.3. The summed E-state index contributed by atoms with van der Waals surface area (Å²) >= 11 is 0. The zero-order valence-electron chi connectivity index (χ0n) is 20.7. The number of rotatable bonds is 7. The summed E-state index contributed by atoms with van der Waals surface area (Å²) in [5, 5.41) is 12.1. The smallest absolute Gasteiger partial charge is 0.270 e. The van der Waals surface area contributed by atoms with Gasteiger partial charge >= 0.3 is 0 Å². The van der Waals surface area contributed by atoms with Crippen molar-refractivity contribution in [3.63, 3.8) is 0 Å². The van der Waals surface area contributed by atoms with E-state index in [4.69, 9.17) is 4.74 Å². The first-order valence-electron chi connectivity index (χ1n) is 11.9. The van der Waals surface area contributed by atoms with Crippen molar-refractivity contribution in [1.82, 2.24) is 30.0 Å². The molecule has 8 nitrogen and oxygen atoms in total. The van der Waals surface area contributed by atoms with Crippen molar-refractivity contribution in [3.8, 4) is 5.75 Å². The Hall–Kier alpha value is -3.26. The Morgan fingerprint density at radius 3 is 2.65 bits per heavy atom. The second-order valence-corrected chi connectivity index (χ2v) is 9.31. The van der Waals surface area contributed by atoms with Crippen molar-refractivity contribution < 1.29 is 9.53 Å². The minimum Gasteiger partial charge on any atom is -0.496 e. The van der Waals surface area contributed by atoms with E-state index in [-0.39, 0.29) is 17.9 Å². The van der Waals surface area contributed by atoms with Crippen LogP contribution in [0.5, 0.6) is 5.75 Å². The summed E-state index contributed by atoms with van der Waals surface area (Å²) in [6.07, 6.45) is 2.45. The molecule has 3 aromatic rings. The number of carbonyl (C=O) groups is 1. The van der Waals surface area contributed by atoms with Gasteiger partial charge in [0, 0.05) is 38.8 Å². The van der Waals surface area contributed by atoms with Crippen LogP contribution in [0.25, 0.3) is 0 Å². The van der Waals surface area contributed by atoms with Gasteiger partial charge in [-0.3, -0.25) is 14.7 Å². The number of nitrogens with zero attached hydrogens (tertiary/aromatic N) is 5. The minimum absolute atomic E-state index is 0.158. The molecule has 180 valence electrons. The Morgan fingerprint density at radius 1 is 1.12 bits per heavy atom. The van der Waals surface area contributed by atoms with Crippen molar-refractivity contribution in [2.75, 3.05) is 20.2 Å². The predicted octanol–water partition coefficient (Wildman–Crippen LogP) is 3.48. The Balaban J connectivity index is 1.49. The average Bonchev–Trinajstić information content (AvgIpc) is 3.12. The Bertz CT molecular complexity index is 1140. The Kier molecular flexibility index (Phi) is 7.26. The molecule has 1 aliphatic heterocycles. The number of amides is 1. The highest BCUT2D eigenvalue weighted by Gasteiger charge is 2.28. The summed E-state index contributed by atoms with van der Waals surface area (Å²) in [4.78, 5) is 19.4. The quantitative estimate of drug-likeness (QED) is 0.579. The molecule has 1 N–H and O–H groups in total. The first-order valence-corrected chi connectivity index (χ1v) is 11.9. The fourth-order valence-corrected chi connectivity index (χ4v) is 4.50. The molecule has 0 bridgehead atoms. The van der Waals surface area contributed by atoms with Gasteiger partial charge in [-0.15, -0.1) is 10.2 Å². The number of pyridine rings is 1. The highest BCUT2D eigenvalue weighted by molar-refractivity contribution is 5.92. The van der Waals surface area contributed by atoms with Gasteiger partial charge in [0.15, 0.2) is 5.82 Å². The number of ether oxygens (including phenoxy) is 1. The number of hydrogen-bond donors (Lipinski definition) is 1. The molecule has 0 saturated carbocycles. The van der Waals surface area contributed by atoms with Crippen LogP contribution in [0.3, 0.4) is 0 Å². The lowest BCUT2D eigenvalue weighted by atomic mass is 10.0. The molecule has 2 aromatic heterocycles. The third-order valence-electron chi connectivity index (χ3n) is 6.52. The normalized spacial score (nSPS) is 15.0. The SMILES string of the molecule is COc1cc(C)c(CN2CCc3nnc([C@@H](NC(=O)c4ccccn4)C(C)C)n3CC2)cc1C. The number of benzene rings is 1. The van der Waals surface area contributed by atoms with E-state index in [2.05, 4.69) is 69.8 Å². The molecule has 1 aliphatic rings. The van der Waals surface area contributed by atoms with E-state index in [1.807, 2.05) is 6.07 Å². The molecule has 3 heterocycles. The van der Waals surface area contributed by atoms with Crippen LogP contribution in [-0.4, -0.2) is 50.8 Å². The van der Waals surface area contributed by atoms with Crippen molar-refractivity contribution in [2.24, 2.45) is 5.92 Å². The molecular weight excluding hydrogens is 428 g/mol. The van der Waals surface area contributed by atoms with Crippen LogP contribution in [0.15, 0.2) is 36.5 Å². The maximum atomic E-state index is 12.8. The van der Waals surface area contributed by atoms with E-state index >= 15 is 0 Å². The van der Waals surface area contributed by atoms with Crippen LogP contribution in [0, 0.1) is 19.8 Å². The first kappa shape index (κ1) is 23.9. The van der Waals surface area contributed by atoms with Crippen LogP contribution in [-0.2, 0) is 19.5 Å². The van der Waals surface area contributed by atoms with E-state index in [9.17, 15) is 4.79 Å². The van der Waals surface area contributed by atoms with Crippen LogP contribution >= 0.6 is 0 Å². The number of methoxy groups -OCH3 is 1. The highest BCUT2D eigenvalue weighted by Crippen LogP contribution is 2.26. The van der Waals surface area contributed by atoms with Gasteiger partial charge in [0.2, 0.25) is 0 Å². The number of fused-ring (bicyclic) bond motifs is 1. The lowest BCUT2D eigenvalue weighted by molar-refractivity contribution is 0.0916. The third-order valence-corrected chi connectivity index (χ3v) is 6.52. The molecule has 0 saturated heterocycles. The number of nitrogens with one attached hydrogen (secondary N) is 1. The summed E-state index contributed by atoms with van der Waals surface area (Å²) in [6.45, 7) is 11.9. The van der Waals surface area contributed by atoms with Crippen molar-refractivity contribution in [3.05, 3.63) is 70.6 Å². The molecule has 0 aliphatic carbocycles. The molecule has 34 heavy (non-hydrogen) atoms. The van der Waals surface area contributed by atoms with Crippen LogP contribution < -0.4 is 10.1 Å². The van der Waals surface area contributed by atoms with Crippen molar-refractivity contribution in [1.29, 1.82) is 0 Å². The predicted molar refractivity (Wildman–Crippen MR) is 131 cm³/mol. The highest BCUT2D eigenvalue weighted by atomic mass is 16.5. The Morgan fingerprint density at radius 2 is 1.94 bits per heavy atom. The molecule has 0 fully saturated rings. The van der Waals surface area contributed by atoms with Crippen LogP contribution in [0.4, 0.5) is 0 Å². The standard InChI is InChI=1S/C26H34N6O2/c1-17(2)24(28-26(33)21-8-6-7-10-27-21)25-30-29-23-9-11-31(12-13-32(23)25)16-20-14-19(4)22(34-5)15-18(20)3/h6-8,10,14-15,17,24H,9,11-13,16H2,1-5H3,(H,28,33)/t24-/m0/s1. The third kappa shape index (κ3) is 5.12. The number of carbonyl (C=O) groups excluding carboxylic acids is 1. The largest absolute Gasteiger partial charge is 0.496 e. The molecule has 0 spiro atoms. The zero-order chi connectivity index (χ0) is 24.2. The Labute approximate surface area is 201 Å². The molecular formula is C26H34N6O2. The average molecular weight is 463 g/mol. The summed E-state index contributed by atoms with van der Waals surface area (Å²) in [5.74, 6) is 2.67. The number of aromatic nitrogens is 4. The fourth-order valence-electron chi connectivity index (χ4n) is 4.50. The van der Waals surface area contributed by atoms with Gasteiger partial charge in [-0.1, -0.05) is 26.0 Å². The molecule has 0 radical (unpaired) electrons. The first-order chi connectivity index (χ1) is 16.4. The topological polar surface area (TPSA) is 85.2 Å². The van der Waals surface area contributed by atoms with Crippen molar-refractivity contribution >= 4 is 5.91 Å². The molecule has 1 aromatic carbocycles. The van der Waals surface area contributed by atoms with E-state index in [0.717, 1.165) is 55.6 Å². The second-order valence-electron chi connectivity index (χ2n) is 9.31. The van der Waals surface area contributed by atoms with E-state index in [0.29, 0.717) is 5.69 Å². The molecule has 1 atom stereocenters. The summed E-state index contributed by atoms with van der Waals surface area (Å²) in [7, 11) is 1.71. The number of hydrogen-bond acceptors (Lipinski definition) is 6. The summed E-state index contributed by atoms with van der Waals surface area (Å²) in [5.41, 5.74) is 4.11. The lowest BCUT2D eigenvalue weighted by Gasteiger charge is -2.24. The van der Waals surface area contributed by atoms with E-state index < -0.39 is 0 Å². The van der Waals surface area contributed by atoms with E-state index in [1.165, 1.54) is 11.1 Å². The summed E-state index contributed by atoms with van der Waals surface area (Å²) in [6, 6.07) is 9.44. The lowest BCUT2D eigenvalue weighted by Crippen LogP contribution is -2.34. The van der Waals surface area contributed by atoms with Gasteiger partial charge in [0.05, 0.1) is 13.2 Å². The fraction of sp³-hybridized carbons (Fsp3) is 0.462. The molecule has 1 amide bonds. The maximum absolute atomic E-state index is 12.8. The molecule has 4 rings (SSSR count). The molecule has 0 unspecified atom stereocenters. The zero-order valence-corrected chi connectivity index (χ0v) is 20.7. The summed E-state index contributed by atoms with van der Waals surface area (Å²) < 4.78 is 7.66. The molecule has 8 heteroatoms. The maximum Gasteiger partial charge on any atom is 0.270 e. The van der Waals surface area contributed by atoms with Crippen LogP contribution in [0.1, 0.15) is 58.7 Å². The van der Waals surface area contributed by atoms with Gasteiger partial charge in [-0.25, -0.2) is 0 Å². The minimum atomic E-state index is -0.242. The van der Waals surface area contributed by atoms with Gasteiger partial charge in [0.25, 0.3) is 5.91 Å². The van der Waals surface area contributed by atoms with E-state index in [1.54, 1.807) is 25.4 Å².